The molecule has 0 aliphatic carbocycles. The van der Waals surface area contributed by atoms with E-state index in [2.05, 4.69) is 24.3 Å². The van der Waals surface area contributed by atoms with E-state index < -0.39 is 0 Å². The van der Waals surface area contributed by atoms with Gasteiger partial charge in [0.2, 0.25) is 0 Å². The van der Waals surface area contributed by atoms with Gasteiger partial charge < -0.3 is 10.1 Å². The maximum Gasteiger partial charge on any atom is 0.0821 e. The normalized spacial score (nSPS) is 15.1. The lowest BCUT2D eigenvalue weighted by Gasteiger charge is -2.21. The number of nitrogens with zero attached hydrogens (tertiary/aromatic N) is 2. The molecule has 1 N–H and O–H groups in total. The zero-order valence-electron chi connectivity index (χ0n) is 10.3. The SMILES string of the molecule is COCCNC(C)C(C)c1c(Cl)cnn1C. The maximum atomic E-state index is 6.11. The summed E-state index contributed by atoms with van der Waals surface area (Å²) in [6, 6.07) is 0.336. The molecule has 0 fully saturated rings. The predicted octanol–water partition coefficient (Wildman–Crippen LogP) is 1.80. The molecule has 1 aromatic heterocycles. The average Bonchev–Trinajstić information content (AvgIpc) is 2.58. The number of methoxy groups -OCH3 is 1. The first-order chi connectivity index (χ1) is 7.57. The van der Waals surface area contributed by atoms with Crippen LogP contribution >= 0.6 is 11.6 Å². The molecule has 2 atom stereocenters. The third-order valence-corrected chi connectivity index (χ3v) is 3.18. The van der Waals surface area contributed by atoms with Crippen LogP contribution in [0.1, 0.15) is 25.5 Å². The highest BCUT2D eigenvalue weighted by molar-refractivity contribution is 6.31. The van der Waals surface area contributed by atoms with E-state index in [0.717, 1.165) is 23.9 Å². The quantitative estimate of drug-likeness (QED) is 0.777. The Balaban J connectivity index is 2.59. The second kappa shape index (κ2) is 6.23. The zero-order chi connectivity index (χ0) is 12.1. The van der Waals surface area contributed by atoms with E-state index in [9.17, 15) is 0 Å². The first-order valence-corrected chi connectivity index (χ1v) is 5.85. The number of ether oxygens (including phenoxy) is 1. The van der Waals surface area contributed by atoms with Gasteiger partial charge in [0.05, 0.1) is 23.5 Å². The molecule has 0 aliphatic rings. The number of hydrogen-bond donors (Lipinski definition) is 1. The number of rotatable bonds is 6. The summed E-state index contributed by atoms with van der Waals surface area (Å²) in [5.41, 5.74) is 1.07. The van der Waals surface area contributed by atoms with Crippen LogP contribution in [0.15, 0.2) is 6.20 Å². The minimum Gasteiger partial charge on any atom is -0.383 e. The number of nitrogens with one attached hydrogen (secondary N) is 1. The Bertz CT molecular complexity index is 308. The maximum absolute atomic E-state index is 6.11. The van der Waals surface area contributed by atoms with Gasteiger partial charge in [-0.15, -0.1) is 0 Å². The first kappa shape index (κ1) is 13.5. The van der Waals surface area contributed by atoms with E-state index in [-0.39, 0.29) is 0 Å². The van der Waals surface area contributed by atoms with Crippen LogP contribution in [-0.2, 0) is 11.8 Å². The minimum atomic E-state index is 0.317. The summed E-state index contributed by atoms with van der Waals surface area (Å²) in [6.07, 6.45) is 1.69. The Kier molecular flexibility index (Phi) is 5.25. The second-order valence-corrected chi connectivity index (χ2v) is 4.43. The minimum absolute atomic E-state index is 0.317. The molecule has 0 amide bonds. The fraction of sp³-hybridized carbons (Fsp3) is 0.727. The molecule has 0 spiro atoms. The van der Waals surface area contributed by atoms with Crippen molar-refractivity contribution in [2.45, 2.75) is 25.8 Å². The number of aromatic nitrogens is 2. The molecule has 0 radical (unpaired) electrons. The Morgan fingerprint density at radius 2 is 2.25 bits per heavy atom. The average molecular weight is 246 g/mol. The molecular weight excluding hydrogens is 226 g/mol. The molecular formula is C11H20ClN3O. The van der Waals surface area contributed by atoms with Crippen LogP contribution in [0.3, 0.4) is 0 Å². The second-order valence-electron chi connectivity index (χ2n) is 4.03. The third-order valence-electron chi connectivity index (χ3n) is 2.89. The van der Waals surface area contributed by atoms with Gasteiger partial charge in [0.15, 0.2) is 0 Å². The zero-order valence-corrected chi connectivity index (χ0v) is 11.1. The molecule has 0 saturated carbocycles. The van der Waals surface area contributed by atoms with E-state index in [0.29, 0.717) is 12.0 Å². The molecule has 0 saturated heterocycles. The van der Waals surface area contributed by atoms with E-state index in [1.54, 1.807) is 13.3 Å². The number of aryl methyl sites for hydroxylation is 1. The highest BCUT2D eigenvalue weighted by Crippen LogP contribution is 2.25. The molecule has 0 aliphatic heterocycles. The highest BCUT2D eigenvalue weighted by atomic mass is 35.5. The third kappa shape index (κ3) is 3.20. The van der Waals surface area contributed by atoms with E-state index in [1.165, 1.54) is 0 Å². The summed E-state index contributed by atoms with van der Waals surface area (Å²) in [7, 11) is 3.62. The van der Waals surface area contributed by atoms with Gasteiger partial charge in [-0.3, -0.25) is 4.68 Å². The Morgan fingerprint density at radius 3 is 2.75 bits per heavy atom. The summed E-state index contributed by atoms with van der Waals surface area (Å²) >= 11 is 6.11. The van der Waals surface area contributed by atoms with Gasteiger partial charge in [0.1, 0.15) is 0 Å². The van der Waals surface area contributed by atoms with Gasteiger partial charge in [0.25, 0.3) is 0 Å². The lowest BCUT2D eigenvalue weighted by molar-refractivity contribution is 0.195. The first-order valence-electron chi connectivity index (χ1n) is 5.47. The molecule has 0 aromatic carbocycles. The van der Waals surface area contributed by atoms with E-state index in [1.807, 2.05) is 11.7 Å². The summed E-state index contributed by atoms with van der Waals surface area (Å²) in [6.45, 7) is 5.85. The Morgan fingerprint density at radius 1 is 1.56 bits per heavy atom. The molecule has 1 heterocycles. The van der Waals surface area contributed by atoms with Gasteiger partial charge in [-0.1, -0.05) is 18.5 Å². The van der Waals surface area contributed by atoms with Crippen molar-refractivity contribution < 1.29 is 4.74 Å². The van der Waals surface area contributed by atoms with Crippen molar-refractivity contribution in [3.63, 3.8) is 0 Å². The lowest BCUT2D eigenvalue weighted by Crippen LogP contribution is -2.34. The molecule has 0 bridgehead atoms. The van der Waals surface area contributed by atoms with Crippen LogP contribution in [0.25, 0.3) is 0 Å². The van der Waals surface area contributed by atoms with Crippen LogP contribution in [0, 0.1) is 0 Å². The van der Waals surface area contributed by atoms with Crippen molar-refractivity contribution in [2.24, 2.45) is 7.05 Å². The van der Waals surface area contributed by atoms with Gasteiger partial charge in [-0.2, -0.15) is 5.10 Å². The largest absolute Gasteiger partial charge is 0.383 e. The van der Waals surface area contributed by atoms with Gasteiger partial charge in [0, 0.05) is 32.7 Å². The smallest absolute Gasteiger partial charge is 0.0821 e. The molecule has 5 heteroatoms. The van der Waals surface area contributed by atoms with E-state index in [4.69, 9.17) is 16.3 Å². The molecule has 1 aromatic rings. The van der Waals surface area contributed by atoms with Gasteiger partial charge >= 0.3 is 0 Å². The van der Waals surface area contributed by atoms with Crippen molar-refractivity contribution in [1.29, 1.82) is 0 Å². The summed E-state index contributed by atoms with van der Waals surface area (Å²) in [5.74, 6) is 0.317. The van der Waals surface area contributed by atoms with E-state index >= 15 is 0 Å². The monoisotopic (exact) mass is 245 g/mol. The van der Waals surface area contributed by atoms with Crippen LogP contribution in [0.4, 0.5) is 0 Å². The standard InChI is InChI=1S/C11H20ClN3O/c1-8(9(2)13-5-6-16-4)11-10(12)7-14-15(11)3/h7-9,13H,5-6H2,1-4H3. The highest BCUT2D eigenvalue weighted by Gasteiger charge is 2.19. The van der Waals surface area contributed by atoms with Crippen molar-refractivity contribution in [3.05, 3.63) is 16.9 Å². The van der Waals surface area contributed by atoms with Crippen LogP contribution in [0.2, 0.25) is 5.02 Å². The summed E-state index contributed by atoms with van der Waals surface area (Å²) in [4.78, 5) is 0. The number of halogens is 1. The van der Waals surface area contributed by atoms with Crippen LogP contribution in [0.5, 0.6) is 0 Å². The molecule has 1 rings (SSSR count). The Labute approximate surface area is 102 Å². The molecule has 92 valence electrons. The van der Waals surface area contributed by atoms with Crippen molar-refractivity contribution in [2.75, 3.05) is 20.3 Å². The Hall–Kier alpha value is -0.580. The van der Waals surface area contributed by atoms with Gasteiger partial charge in [-0.05, 0) is 6.92 Å². The fourth-order valence-corrected chi connectivity index (χ4v) is 2.07. The number of hydrogen-bond acceptors (Lipinski definition) is 3. The molecule has 2 unspecified atom stereocenters. The molecule has 4 nitrogen and oxygen atoms in total. The summed E-state index contributed by atoms with van der Waals surface area (Å²) in [5, 5.41) is 8.28. The van der Waals surface area contributed by atoms with Gasteiger partial charge in [-0.25, -0.2) is 0 Å². The van der Waals surface area contributed by atoms with Crippen LogP contribution < -0.4 is 5.32 Å². The van der Waals surface area contributed by atoms with Crippen LogP contribution in [-0.4, -0.2) is 36.1 Å². The van der Waals surface area contributed by atoms with Crippen molar-refractivity contribution in [1.82, 2.24) is 15.1 Å². The fourth-order valence-electron chi connectivity index (χ4n) is 1.73. The topological polar surface area (TPSA) is 39.1 Å². The molecule has 16 heavy (non-hydrogen) atoms. The lowest BCUT2D eigenvalue weighted by atomic mass is 9.99. The summed E-state index contributed by atoms with van der Waals surface area (Å²) < 4.78 is 6.84. The predicted molar refractivity (Wildman–Crippen MR) is 66.0 cm³/mol. The van der Waals surface area contributed by atoms with Crippen molar-refractivity contribution >= 4 is 11.6 Å². The van der Waals surface area contributed by atoms with Crippen molar-refractivity contribution in [3.8, 4) is 0 Å².